The summed E-state index contributed by atoms with van der Waals surface area (Å²) in [5, 5.41) is 0. The van der Waals surface area contributed by atoms with Crippen molar-refractivity contribution in [3.05, 3.63) is 59.9 Å². The summed E-state index contributed by atoms with van der Waals surface area (Å²) in [5.41, 5.74) is 3.87. The number of hydrogen-bond donors (Lipinski definition) is 0. The average molecular weight is 403 g/mol. The van der Waals surface area contributed by atoms with E-state index in [4.69, 9.17) is 0 Å². The number of piperidine rings is 1. The SMILES string of the molecule is Cc1nc2ccccc2n1-c1ccc(C(=O)N(C)C2CCN(C3CCC3)CC2)cc1. The van der Waals surface area contributed by atoms with Crippen LogP contribution in [0.5, 0.6) is 0 Å². The summed E-state index contributed by atoms with van der Waals surface area (Å²) in [6.45, 7) is 4.26. The molecule has 1 aliphatic carbocycles. The van der Waals surface area contributed by atoms with Gasteiger partial charge in [0.05, 0.1) is 11.0 Å². The minimum Gasteiger partial charge on any atom is -0.339 e. The predicted molar refractivity (Wildman–Crippen MR) is 120 cm³/mol. The van der Waals surface area contributed by atoms with Crippen LogP contribution in [0.25, 0.3) is 16.7 Å². The second-order valence-electron chi connectivity index (χ2n) is 8.80. The summed E-state index contributed by atoms with van der Waals surface area (Å²) in [6, 6.07) is 17.3. The van der Waals surface area contributed by atoms with Crippen molar-refractivity contribution >= 4 is 16.9 Å². The Morgan fingerprint density at radius 2 is 1.70 bits per heavy atom. The summed E-state index contributed by atoms with van der Waals surface area (Å²) < 4.78 is 2.14. The van der Waals surface area contributed by atoms with Crippen LogP contribution >= 0.6 is 0 Å². The van der Waals surface area contributed by atoms with Crippen LogP contribution < -0.4 is 0 Å². The number of para-hydroxylation sites is 2. The fraction of sp³-hybridized carbons (Fsp3) is 0.440. The lowest BCUT2D eigenvalue weighted by Crippen LogP contribution is -2.50. The third-order valence-corrected chi connectivity index (χ3v) is 7.06. The molecule has 1 saturated carbocycles. The van der Waals surface area contributed by atoms with Crippen molar-refractivity contribution in [1.29, 1.82) is 0 Å². The molecule has 0 bridgehead atoms. The number of imidazole rings is 1. The third-order valence-electron chi connectivity index (χ3n) is 7.06. The van der Waals surface area contributed by atoms with E-state index in [1.165, 1.54) is 19.3 Å². The topological polar surface area (TPSA) is 41.4 Å². The predicted octanol–water partition coefficient (Wildman–Crippen LogP) is 4.42. The Morgan fingerprint density at radius 3 is 2.37 bits per heavy atom. The van der Waals surface area contributed by atoms with E-state index < -0.39 is 0 Å². The van der Waals surface area contributed by atoms with Crippen LogP contribution in [0, 0.1) is 6.92 Å². The van der Waals surface area contributed by atoms with Crippen molar-refractivity contribution in [3.8, 4) is 5.69 Å². The molecule has 2 aromatic carbocycles. The lowest BCUT2D eigenvalue weighted by atomic mass is 9.89. The van der Waals surface area contributed by atoms with E-state index in [2.05, 4.69) is 20.5 Å². The number of carbonyl (C=O) groups excluding carboxylic acids is 1. The van der Waals surface area contributed by atoms with Crippen molar-refractivity contribution in [2.24, 2.45) is 0 Å². The highest BCUT2D eigenvalue weighted by atomic mass is 16.2. The maximum Gasteiger partial charge on any atom is 0.253 e. The highest BCUT2D eigenvalue weighted by Gasteiger charge is 2.31. The first-order chi connectivity index (χ1) is 14.6. The Labute approximate surface area is 178 Å². The van der Waals surface area contributed by atoms with Gasteiger partial charge < -0.3 is 9.80 Å². The molecular formula is C25H30N4O. The zero-order chi connectivity index (χ0) is 20.7. The van der Waals surface area contributed by atoms with Crippen molar-refractivity contribution in [2.45, 2.75) is 51.1 Å². The number of fused-ring (bicyclic) bond motifs is 1. The van der Waals surface area contributed by atoms with Gasteiger partial charge in [0.15, 0.2) is 0 Å². The van der Waals surface area contributed by atoms with Gasteiger partial charge in [-0.1, -0.05) is 18.6 Å². The highest BCUT2D eigenvalue weighted by Crippen LogP contribution is 2.29. The Hall–Kier alpha value is -2.66. The summed E-state index contributed by atoms with van der Waals surface area (Å²) in [5.74, 6) is 1.07. The molecule has 0 spiro atoms. The molecule has 2 heterocycles. The smallest absolute Gasteiger partial charge is 0.253 e. The number of carbonyl (C=O) groups is 1. The molecule has 5 heteroatoms. The molecule has 30 heavy (non-hydrogen) atoms. The van der Waals surface area contributed by atoms with Crippen molar-refractivity contribution in [1.82, 2.24) is 19.4 Å². The van der Waals surface area contributed by atoms with Gasteiger partial charge in [0.1, 0.15) is 5.82 Å². The van der Waals surface area contributed by atoms with Crippen LogP contribution in [-0.2, 0) is 0 Å². The second kappa shape index (κ2) is 7.88. The molecule has 5 rings (SSSR count). The fourth-order valence-electron chi connectivity index (χ4n) is 4.99. The standard InChI is InChI=1S/C25H30N4O/c1-18-26-23-8-3-4-9-24(23)29(18)22-12-10-19(11-13-22)25(30)27(2)20-14-16-28(17-15-20)21-6-5-7-21/h3-4,8-13,20-21H,5-7,14-17H2,1-2H3. The molecular weight excluding hydrogens is 372 g/mol. The maximum absolute atomic E-state index is 13.1. The van der Waals surface area contributed by atoms with Gasteiger partial charge in [-0.05, 0) is 69.0 Å². The number of likely N-dealkylation sites (tertiary alicyclic amines) is 1. The van der Waals surface area contributed by atoms with Gasteiger partial charge in [-0.3, -0.25) is 9.36 Å². The quantitative estimate of drug-likeness (QED) is 0.649. The van der Waals surface area contributed by atoms with E-state index in [9.17, 15) is 4.79 Å². The number of aryl methyl sites for hydroxylation is 1. The van der Waals surface area contributed by atoms with E-state index in [-0.39, 0.29) is 5.91 Å². The Bertz CT molecular complexity index is 1040. The lowest BCUT2D eigenvalue weighted by molar-refractivity contribution is 0.0499. The van der Waals surface area contributed by atoms with Gasteiger partial charge in [0, 0.05) is 43.5 Å². The van der Waals surface area contributed by atoms with E-state index in [1.807, 2.05) is 61.3 Å². The monoisotopic (exact) mass is 402 g/mol. The normalized spacial score (nSPS) is 18.5. The third kappa shape index (κ3) is 3.41. The fourth-order valence-corrected chi connectivity index (χ4v) is 4.99. The first-order valence-corrected chi connectivity index (χ1v) is 11.2. The molecule has 0 unspecified atom stereocenters. The van der Waals surface area contributed by atoms with Gasteiger partial charge in [-0.2, -0.15) is 0 Å². The first kappa shape index (κ1) is 19.3. The number of nitrogens with zero attached hydrogens (tertiary/aromatic N) is 4. The average Bonchev–Trinajstić information content (AvgIpc) is 3.08. The zero-order valence-corrected chi connectivity index (χ0v) is 17.9. The molecule has 0 N–H and O–H groups in total. The molecule has 1 amide bonds. The lowest BCUT2D eigenvalue weighted by Gasteiger charge is -2.43. The van der Waals surface area contributed by atoms with Gasteiger partial charge in [-0.25, -0.2) is 4.98 Å². The van der Waals surface area contributed by atoms with E-state index in [0.717, 1.165) is 60.1 Å². The molecule has 0 radical (unpaired) electrons. The summed E-state index contributed by atoms with van der Waals surface area (Å²) >= 11 is 0. The number of hydrogen-bond acceptors (Lipinski definition) is 3. The largest absolute Gasteiger partial charge is 0.339 e. The molecule has 1 aromatic heterocycles. The van der Waals surface area contributed by atoms with Gasteiger partial charge in [0.25, 0.3) is 5.91 Å². The number of rotatable bonds is 4. The number of aromatic nitrogens is 2. The second-order valence-corrected chi connectivity index (χ2v) is 8.80. The molecule has 0 atom stereocenters. The van der Waals surface area contributed by atoms with Gasteiger partial charge in [0.2, 0.25) is 0 Å². The number of benzene rings is 2. The van der Waals surface area contributed by atoms with Crippen LogP contribution in [0.1, 0.15) is 48.3 Å². The van der Waals surface area contributed by atoms with Crippen molar-refractivity contribution in [2.75, 3.05) is 20.1 Å². The van der Waals surface area contributed by atoms with Gasteiger partial charge in [-0.15, -0.1) is 0 Å². The Balaban J connectivity index is 1.29. The van der Waals surface area contributed by atoms with Crippen molar-refractivity contribution in [3.63, 3.8) is 0 Å². The molecule has 156 valence electrons. The molecule has 1 saturated heterocycles. The van der Waals surface area contributed by atoms with Crippen LogP contribution in [0.2, 0.25) is 0 Å². The molecule has 3 aromatic rings. The molecule has 2 aliphatic rings. The van der Waals surface area contributed by atoms with E-state index in [1.54, 1.807) is 0 Å². The summed E-state index contributed by atoms with van der Waals surface area (Å²) in [4.78, 5) is 22.3. The minimum atomic E-state index is 0.121. The molecule has 2 fully saturated rings. The minimum absolute atomic E-state index is 0.121. The van der Waals surface area contributed by atoms with Crippen LogP contribution in [0.15, 0.2) is 48.5 Å². The van der Waals surface area contributed by atoms with Crippen molar-refractivity contribution < 1.29 is 4.79 Å². The van der Waals surface area contributed by atoms with Gasteiger partial charge >= 0.3 is 0 Å². The summed E-state index contributed by atoms with van der Waals surface area (Å²) in [7, 11) is 1.97. The molecule has 5 nitrogen and oxygen atoms in total. The summed E-state index contributed by atoms with van der Waals surface area (Å²) in [6.07, 6.45) is 6.26. The van der Waals surface area contributed by atoms with Crippen LogP contribution in [0.4, 0.5) is 0 Å². The Morgan fingerprint density at radius 1 is 1.00 bits per heavy atom. The number of amides is 1. The van der Waals surface area contributed by atoms with E-state index >= 15 is 0 Å². The first-order valence-electron chi connectivity index (χ1n) is 11.2. The van der Waals surface area contributed by atoms with Crippen LogP contribution in [-0.4, -0.2) is 57.5 Å². The Kier molecular flexibility index (Phi) is 5.07. The van der Waals surface area contributed by atoms with E-state index in [0.29, 0.717) is 6.04 Å². The molecule has 1 aliphatic heterocycles. The maximum atomic E-state index is 13.1. The highest BCUT2D eigenvalue weighted by molar-refractivity contribution is 5.94. The van der Waals surface area contributed by atoms with Crippen LogP contribution in [0.3, 0.4) is 0 Å². The zero-order valence-electron chi connectivity index (χ0n) is 17.9.